The molecule has 1 aromatic heterocycles. The summed E-state index contributed by atoms with van der Waals surface area (Å²) in [6.45, 7) is 0.473. The van der Waals surface area contributed by atoms with Crippen molar-refractivity contribution in [2.45, 2.75) is 6.54 Å². The molecule has 1 aromatic carbocycles. The van der Waals surface area contributed by atoms with Gasteiger partial charge in [-0.2, -0.15) is 0 Å². The lowest BCUT2D eigenvalue weighted by Crippen LogP contribution is -2.26. The second-order valence-electron chi connectivity index (χ2n) is 4.64. The van der Waals surface area contributed by atoms with Gasteiger partial charge in [0.1, 0.15) is 5.82 Å². The molecule has 0 atom stereocenters. The van der Waals surface area contributed by atoms with Crippen LogP contribution in [0, 0.1) is 0 Å². The number of aromatic nitrogens is 2. The quantitative estimate of drug-likeness (QED) is 0.909. The SMILES string of the molecule is CN(Cc1ncc[nH]1)C(=O)c1ccc(N(C)C)cc1. The maximum Gasteiger partial charge on any atom is 0.254 e. The average molecular weight is 258 g/mol. The van der Waals surface area contributed by atoms with Gasteiger partial charge in [-0.25, -0.2) is 4.98 Å². The highest BCUT2D eigenvalue weighted by Gasteiger charge is 2.12. The molecule has 5 heteroatoms. The number of aromatic amines is 1. The maximum absolute atomic E-state index is 12.2. The van der Waals surface area contributed by atoms with Crippen molar-refractivity contribution in [1.82, 2.24) is 14.9 Å². The second-order valence-corrected chi connectivity index (χ2v) is 4.64. The van der Waals surface area contributed by atoms with Crippen LogP contribution in [-0.4, -0.2) is 41.9 Å². The van der Waals surface area contributed by atoms with Crippen LogP contribution in [0.4, 0.5) is 5.69 Å². The number of carbonyl (C=O) groups is 1. The Morgan fingerprint density at radius 1 is 1.21 bits per heavy atom. The zero-order valence-electron chi connectivity index (χ0n) is 11.4. The highest BCUT2D eigenvalue weighted by molar-refractivity contribution is 5.94. The number of benzene rings is 1. The van der Waals surface area contributed by atoms with Crippen LogP contribution in [-0.2, 0) is 6.54 Å². The Bertz CT molecular complexity index is 531. The predicted molar refractivity (Wildman–Crippen MR) is 75.2 cm³/mol. The number of amides is 1. The average Bonchev–Trinajstić information content (AvgIpc) is 2.90. The number of nitrogens with zero attached hydrogens (tertiary/aromatic N) is 3. The Morgan fingerprint density at radius 3 is 2.42 bits per heavy atom. The largest absolute Gasteiger partial charge is 0.378 e. The first-order chi connectivity index (χ1) is 9.08. The van der Waals surface area contributed by atoms with Gasteiger partial charge in [0.15, 0.2) is 0 Å². The first kappa shape index (κ1) is 13.1. The molecule has 0 bridgehead atoms. The monoisotopic (exact) mass is 258 g/mol. The predicted octanol–water partition coefficient (Wildman–Crippen LogP) is 1.75. The second kappa shape index (κ2) is 5.56. The lowest BCUT2D eigenvalue weighted by Gasteiger charge is -2.17. The third-order valence-corrected chi connectivity index (χ3v) is 2.92. The van der Waals surface area contributed by atoms with E-state index in [4.69, 9.17) is 0 Å². The number of anilines is 1. The van der Waals surface area contributed by atoms with Gasteiger partial charge in [0.2, 0.25) is 0 Å². The summed E-state index contributed by atoms with van der Waals surface area (Å²) < 4.78 is 0. The first-order valence-electron chi connectivity index (χ1n) is 6.09. The van der Waals surface area contributed by atoms with Crippen LogP contribution < -0.4 is 4.90 Å². The molecule has 0 aliphatic rings. The summed E-state index contributed by atoms with van der Waals surface area (Å²) in [4.78, 5) is 23.0. The fourth-order valence-corrected chi connectivity index (χ4v) is 1.80. The van der Waals surface area contributed by atoms with E-state index in [1.165, 1.54) is 0 Å². The molecule has 1 amide bonds. The molecule has 0 unspecified atom stereocenters. The fraction of sp³-hybridized carbons (Fsp3) is 0.286. The number of H-pyrrole nitrogens is 1. The van der Waals surface area contributed by atoms with Crippen molar-refractivity contribution in [1.29, 1.82) is 0 Å². The number of nitrogens with one attached hydrogen (secondary N) is 1. The van der Waals surface area contributed by atoms with Gasteiger partial charge < -0.3 is 14.8 Å². The van der Waals surface area contributed by atoms with Crippen molar-refractivity contribution in [2.75, 3.05) is 26.0 Å². The van der Waals surface area contributed by atoms with Gasteiger partial charge in [0.05, 0.1) is 6.54 Å². The van der Waals surface area contributed by atoms with E-state index in [9.17, 15) is 4.79 Å². The summed E-state index contributed by atoms with van der Waals surface area (Å²) in [5, 5.41) is 0. The van der Waals surface area contributed by atoms with Gasteiger partial charge in [-0.15, -0.1) is 0 Å². The van der Waals surface area contributed by atoms with E-state index in [0.29, 0.717) is 12.1 Å². The van der Waals surface area contributed by atoms with Crippen LogP contribution >= 0.6 is 0 Å². The summed E-state index contributed by atoms with van der Waals surface area (Å²) in [5.41, 5.74) is 1.75. The van der Waals surface area contributed by atoms with E-state index in [0.717, 1.165) is 11.5 Å². The molecule has 19 heavy (non-hydrogen) atoms. The van der Waals surface area contributed by atoms with Crippen LogP contribution in [0.3, 0.4) is 0 Å². The molecule has 2 rings (SSSR count). The standard InChI is InChI=1S/C14H18N4O/c1-17(2)12-6-4-11(5-7-12)14(19)18(3)10-13-15-8-9-16-13/h4-9H,10H2,1-3H3,(H,15,16). The highest BCUT2D eigenvalue weighted by atomic mass is 16.2. The van der Waals surface area contributed by atoms with Crippen molar-refractivity contribution < 1.29 is 4.79 Å². The number of imidazole rings is 1. The Balaban J connectivity index is 2.06. The lowest BCUT2D eigenvalue weighted by molar-refractivity contribution is 0.0782. The van der Waals surface area contributed by atoms with Gasteiger partial charge in [0.25, 0.3) is 5.91 Å². The third-order valence-electron chi connectivity index (χ3n) is 2.92. The van der Waals surface area contributed by atoms with E-state index in [2.05, 4.69) is 9.97 Å². The van der Waals surface area contributed by atoms with Crippen LogP contribution in [0.1, 0.15) is 16.2 Å². The van der Waals surface area contributed by atoms with Gasteiger partial charge in [-0.3, -0.25) is 4.79 Å². The number of rotatable bonds is 4. The third kappa shape index (κ3) is 3.13. The van der Waals surface area contributed by atoms with Crippen molar-refractivity contribution in [3.8, 4) is 0 Å². The highest BCUT2D eigenvalue weighted by Crippen LogP contribution is 2.13. The Hall–Kier alpha value is -2.30. The van der Waals surface area contributed by atoms with Crippen LogP contribution in [0.25, 0.3) is 0 Å². The molecule has 0 saturated carbocycles. The maximum atomic E-state index is 12.2. The Morgan fingerprint density at radius 2 is 1.89 bits per heavy atom. The van der Waals surface area contributed by atoms with E-state index in [-0.39, 0.29) is 5.91 Å². The summed E-state index contributed by atoms with van der Waals surface area (Å²) in [7, 11) is 5.71. The minimum Gasteiger partial charge on any atom is -0.378 e. The van der Waals surface area contributed by atoms with Gasteiger partial charge in [-0.1, -0.05) is 0 Å². The number of carbonyl (C=O) groups excluding carboxylic acids is 1. The Labute approximate surface area is 112 Å². The van der Waals surface area contributed by atoms with Gasteiger partial charge in [0, 0.05) is 44.8 Å². The topological polar surface area (TPSA) is 52.2 Å². The zero-order chi connectivity index (χ0) is 13.8. The first-order valence-corrected chi connectivity index (χ1v) is 6.09. The lowest BCUT2D eigenvalue weighted by atomic mass is 10.2. The summed E-state index contributed by atoms with van der Waals surface area (Å²) in [6, 6.07) is 7.56. The van der Waals surface area contributed by atoms with Gasteiger partial charge in [-0.05, 0) is 24.3 Å². The molecule has 0 spiro atoms. The van der Waals surface area contributed by atoms with Crippen molar-refractivity contribution >= 4 is 11.6 Å². The molecule has 2 aromatic rings. The van der Waals surface area contributed by atoms with Crippen molar-refractivity contribution in [3.05, 3.63) is 48.0 Å². The number of hydrogen-bond acceptors (Lipinski definition) is 3. The molecule has 0 aliphatic heterocycles. The fourth-order valence-electron chi connectivity index (χ4n) is 1.80. The molecule has 1 N–H and O–H groups in total. The summed E-state index contributed by atoms with van der Waals surface area (Å²) in [6.07, 6.45) is 3.43. The van der Waals surface area contributed by atoms with E-state index in [1.807, 2.05) is 43.3 Å². The molecule has 5 nitrogen and oxygen atoms in total. The summed E-state index contributed by atoms with van der Waals surface area (Å²) in [5.74, 6) is 0.766. The van der Waals surface area contributed by atoms with Crippen LogP contribution in [0.2, 0.25) is 0 Å². The molecule has 1 heterocycles. The van der Waals surface area contributed by atoms with E-state index in [1.54, 1.807) is 24.3 Å². The normalized spacial score (nSPS) is 10.3. The van der Waals surface area contributed by atoms with E-state index < -0.39 is 0 Å². The minimum atomic E-state index is -0.0123. The molecular formula is C14H18N4O. The van der Waals surface area contributed by atoms with Crippen LogP contribution in [0.15, 0.2) is 36.7 Å². The molecule has 100 valence electrons. The number of hydrogen-bond donors (Lipinski definition) is 1. The molecule has 0 radical (unpaired) electrons. The smallest absolute Gasteiger partial charge is 0.254 e. The Kier molecular flexibility index (Phi) is 3.85. The summed E-state index contributed by atoms with van der Waals surface area (Å²) >= 11 is 0. The minimum absolute atomic E-state index is 0.0123. The molecular weight excluding hydrogens is 240 g/mol. The van der Waals surface area contributed by atoms with Crippen molar-refractivity contribution in [2.24, 2.45) is 0 Å². The molecule has 0 fully saturated rings. The van der Waals surface area contributed by atoms with Crippen LogP contribution in [0.5, 0.6) is 0 Å². The molecule has 0 saturated heterocycles. The van der Waals surface area contributed by atoms with E-state index >= 15 is 0 Å². The van der Waals surface area contributed by atoms with Gasteiger partial charge >= 0.3 is 0 Å². The molecule has 0 aliphatic carbocycles. The zero-order valence-corrected chi connectivity index (χ0v) is 11.4. The van der Waals surface area contributed by atoms with Crippen molar-refractivity contribution in [3.63, 3.8) is 0 Å².